The molecule has 0 aliphatic heterocycles. The number of hydrogen-bond donors (Lipinski definition) is 3. The van der Waals surface area contributed by atoms with Crippen LogP contribution in [0, 0.1) is 6.92 Å². The summed E-state index contributed by atoms with van der Waals surface area (Å²) < 4.78 is 63.0. The van der Waals surface area contributed by atoms with Crippen molar-refractivity contribution in [1.82, 2.24) is 29.9 Å². The number of alkyl carbamates (subject to hydrolysis) is 1. The zero-order valence-corrected chi connectivity index (χ0v) is 19.5. The summed E-state index contributed by atoms with van der Waals surface area (Å²) in [6, 6.07) is 3.25. The van der Waals surface area contributed by atoms with Crippen molar-refractivity contribution in [2.45, 2.75) is 76.2 Å². The molecule has 3 aromatic heterocycles. The Morgan fingerprint density at radius 2 is 2.06 bits per heavy atom. The highest BCUT2D eigenvalue weighted by Crippen LogP contribution is 2.39. The van der Waals surface area contributed by atoms with Crippen molar-refractivity contribution in [1.29, 1.82) is 0 Å². The number of nitrogens with zero attached hydrogens (tertiary/aromatic N) is 4. The second-order valence-corrected chi connectivity index (χ2v) is 9.51. The average molecular weight is 511 g/mol. The highest BCUT2D eigenvalue weighted by molar-refractivity contribution is 5.69. The summed E-state index contributed by atoms with van der Waals surface area (Å²) in [5.74, 6) is 0.0675. The number of rotatable bonds is 7. The lowest BCUT2D eigenvalue weighted by Crippen LogP contribution is -2.38. The Labute approximate surface area is 202 Å². The van der Waals surface area contributed by atoms with E-state index in [-0.39, 0.29) is 17.2 Å². The molecule has 194 valence electrons. The van der Waals surface area contributed by atoms with E-state index >= 15 is 4.39 Å². The molecule has 3 aromatic rings. The molecule has 0 unspecified atom stereocenters. The Bertz CT molecular complexity index is 1270. The Balaban J connectivity index is 1.26. The van der Waals surface area contributed by atoms with Crippen LogP contribution in [-0.4, -0.2) is 54.8 Å². The van der Waals surface area contributed by atoms with Crippen LogP contribution in [0.4, 0.5) is 34.1 Å². The molecule has 5 rings (SSSR count). The molecule has 2 saturated carbocycles. The molecule has 14 heteroatoms. The molecule has 36 heavy (non-hydrogen) atoms. The van der Waals surface area contributed by atoms with Gasteiger partial charge in [-0.15, -0.1) is 13.2 Å². The minimum atomic E-state index is -4.77. The minimum absolute atomic E-state index is 0.0717. The molecular formula is C22H25F4N7O3. The van der Waals surface area contributed by atoms with Gasteiger partial charge in [-0.3, -0.25) is 14.2 Å². The van der Waals surface area contributed by atoms with Gasteiger partial charge in [-0.25, -0.2) is 19.2 Å². The molecule has 1 amide bonds. The number of anilines is 2. The number of hydrogen-bond acceptors (Lipinski definition) is 7. The van der Waals surface area contributed by atoms with Crippen LogP contribution in [0.5, 0.6) is 0 Å². The van der Waals surface area contributed by atoms with Gasteiger partial charge < -0.3 is 15.4 Å². The van der Waals surface area contributed by atoms with Gasteiger partial charge in [0.25, 0.3) is 0 Å². The fourth-order valence-corrected chi connectivity index (χ4v) is 4.27. The number of aryl methyl sites for hydroxylation is 1. The van der Waals surface area contributed by atoms with Crippen LogP contribution < -0.4 is 10.6 Å². The van der Waals surface area contributed by atoms with Crippen molar-refractivity contribution in [3.63, 3.8) is 0 Å². The molecule has 3 atom stereocenters. The van der Waals surface area contributed by atoms with Crippen LogP contribution in [0.2, 0.25) is 0 Å². The van der Waals surface area contributed by atoms with Gasteiger partial charge >= 0.3 is 12.5 Å². The SMILES string of the molecule is Cc1cc2nc(COC(F)(F)F)cn2c(Nc2cc([C@@H]3CC[C@H](OC(=O)NC4(C)CC4)[C@H]3F)[nH]n2)n1. The number of aromatic amines is 1. The third kappa shape index (κ3) is 5.37. The van der Waals surface area contributed by atoms with E-state index in [1.54, 1.807) is 19.1 Å². The predicted octanol–water partition coefficient (Wildman–Crippen LogP) is 4.40. The molecule has 2 aliphatic rings. The molecule has 10 nitrogen and oxygen atoms in total. The van der Waals surface area contributed by atoms with Crippen molar-refractivity contribution in [2.24, 2.45) is 0 Å². The number of ether oxygens (including phenoxy) is 2. The monoisotopic (exact) mass is 511 g/mol. The first kappa shape index (κ1) is 24.3. The Kier molecular flexibility index (Phi) is 6.01. The third-order valence-corrected chi connectivity index (χ3v) is 6.42. The first-order chi connectivity index (χ1) is 17.0. The van der Waals surface area contributed by atoms with Crippen molar-refractivity contribution >= 4 is 23.5 Å². The molecular weight excluding hydrogens is 486 g/mol. The number of halogens is 4. The molecule has 0 saturated heterocycles. The van der Waals surface area contributed by atoms with Gasteiger partial charge in [0, 0.05) is 41.2 Å². The second-order valence-electron chi connectivity index (χ2n) is 9.51. The Hall–Kier alpha value is -3.42. The van der Waals surface area contributed by atoms with E-state index in [0.29, 0.717) is 35.7 Å². The average Bonchev–Trinajstić information content (AvgIpc) is 3.12. The standard InChI is InChI=1S/C22H25F4N7O3/c1-11-7-17-28-12(10-35-22(24,25)26)9-33(17)19(27-11)29-16-8-14(31-32-16)13-3-4-15(18(13)23)36-20(34)30-21(2)5-6-21/h7-9,13,15,18H,3-6,10H2,1-2H3,(H,30,34)(H2,27,29,31,32)/t13-,15-,18-/m0/s1. The third-order valence-electron chi connectivity index (χ3n) is 6.42. The topological polar surface area (TPSA) is 118 Å². The lowest BCUT2D eigenvalue weighted by Gasteiger charge is -2.19. The highest BCUT2D eigenvalue weighted by Gasteiger charge is 2.43. The Morgan fingerprint density at radius 3 is 2.78 bits per heavy atom. The fourth-order valence-electron chi connectivity index (χ4n) is 4.27. The van der Waals surface area contributed by atoms with Crippen LogP contribution in [0.3, 0.4) is 0 Å². The van der Waals surface area contributed by atoms with Crippen LogP contribution >= 0.6 is 0 Å². The lowest BCUT2D eigenvalue weighted by molar-refractivity contribution is -0.330. The molecule has 2 fully saturated rings. The van der Waals surface area contributed by atoms with Crippen LogP contribution in [0.15, 0.2) is 18.3 Å². The molecule has 0 bridgehead atoms. The number of imidazole rings is 1. The van der Waals surface area contributed by atoms with Gasteiger partial charge in [0.1, 0.15) is 17.9 Å². The number of amides is 1. The summed E-state index contributed by atoms with van der Waals surface area (Å²) in [5, 5.41) is 12.8. The van der Waals surface area contributed by atoms with Crippen molar-refractivity contribution in [3.05, 3.63) is 35.4 Å². The summed E-state index contributed by atoms with van der Waals surface area (Å²) in [4.78, 5) is 20.6. The van der Waals surface area contributed by atoms with E-state index in [2.05, 4.69) is 35.5 Å². The molecule has 2 aliphatic carbocycles. The van der Waals surface area contributed by atoms with Gasteiger partial charge in [0.2, 0.25) is 5.95 Å². The maximum atomic E-state index is 15.1. The molecule has 0 radical (unpaired) electrons. The molecule has 3 N–H and O–H groups in total. The maximum Gasteiger partial charge on any atom is 0.522 e. The van der Waals surface area contributed by atoms with Gasteiger partial charge in [-0.1, -0.05) is 0 Å². The van der Waals surface area contributed by atoms with E-state index in [1.165, 1.54) is 10.6 Å². The highest BCUT2D eigenvalue weighted by atomic mass is 19.4. The fraction of sp³-hybridized carbons (Fsp3) is 0.545. The Morgan fingerprint density at radius 1 is 1.28 bits per heavy atom. The lowest BCUT2D eigenvalue weighted by atomic mass is 10.0. The summed E-state index contributed by atoms with van der Waals surface area (Å²) in [6.45, 7) is 2.89. The molecule has 3 heterocycles. The summed E-state index contributed by atoms with van der Waals surface area (Å²) in [7, 11) is 0. The number of fused-ring (bicyclic) bond motifs is 1. The van der Waals surface area contributed by atoms with Crippen molar-refractivity contribution in [3.8, 4) is 0 Å². The largest absolute Gasteiger partial charge is 0.522 e. The van der Waals surface area contributed by atoms with E-state index in [0.717, 1.165) is 12.8 Å². The van der Waals surface area contributed by atoms with Gasteiger partial charge in [0.15, 0.2) is 5.82 Å². The molecule has 0 spiro atoms. The zero-order chi connectivity index (χ0) is 25.7. The summed E-state index contributed by atoms with van der Waals surface area (Å²) in [6.07, 6.45) is -3.63. The predicted molar refractivity (Wildman–Crippen MR) is 118 cm³/mol. The number of H-pyrrole nitrogens is 1. The van der Waals surface area contributed by atoms with E-state index < -0.39 is 37.3 Å². The summed E-state index contributed by atoms with van der Waals surface area (Å²) >= 11 is 0. The summed E-state index contributed by atoms with van der Waals surface area (Å²) in [5.41, 5.74) is 1.30. The quantitative estimate of drug-likeness (QED) is 0.402. The molecule has 0 aromatic carbocycles. The normalized spacial score (nSPS) is 23.1. The first-order valence-corrected chi connectivity index (χ1v) is 11.5. The van der Waals surface area contributed by atoms with Crippen LogP contribution in [0.25, 0.3) is 5.65 Å². The zero-order valence-electron chi connectivity index (χ0n) is 19.5. The number of carbonyl (C=O) groups is 1. The second kappa shape index (κ2) is 8.91. The maximum absolute atomic E-state index is 15.1. The minimum Gasteiger partial charge on any atom is -0.443 e. The number of nitrogens with one attached hydrogen (secondary N) is 3. The first-order valence-electron chi connectivity index (χ1n) is 11.5. The van der Waals surface area contributed by atoms with Crippen LogP contribution in [-0.2, 0) is 16.1 Å². The van der Waals surface area contributed by atoms with Crippen molar-refractivity contribution in [2.75, 3.05) is 5.32 Å². The number of carbonyl (C=O) groups excluding carboxylic acids is 1. The van der Waals surface area contributed by atoms with Gasteiger partial charge in [0.05, 0.1) is 12.3 Å². The van der Waals surface area contributed by atoms with E-state index in [1.807, 2.05) is 6.92 Å². The van der Waals surface area contributed by atoms with E-state index in [4.69, 9.17) is 4.74 Å². The van der Waals surface area contributed by atoms with Gasteiger partial charge in [-0.2, -0.15) is 5.10 Å². The van der Waals surface area contributed by atoms with Gasteiger partial charge in [-0.05, 0) is 39.5 Å². The number of aromatic nitrogens is 5. The van der Waals surface area contributed by atoms with E-state index in [9.17, 15) is 18.0 Å². The smallest absolute Gasteiger partial charge is 0.443 e. The van der Waals surface area contributed by atoms with Crippen molar-refractivity contribution < 1.29 is 31.8 Å². The number of alkyl halides is 4. The van der Waals surface area contributed by atoms with Crippen LogP contribution in [0.1, 0.15) is 55.6 Å².